The first-order valence-electron chi connectivity index (χ1n) is 12.6. The van der Waals surface area contributed by atoms with Gasteiger partial charge in [-0.25, -0.2) is 4.79 Å². The number of hydrogen-bond donors (Lipinski definition) is 3. The van der Waals surface area contributed by atoms with Crippen LogP contribution in [0, 0.1) is 0 Å². The topological polar surface area (TPSA) is 125 Å². The van der Waals surface area contributed by atoms with Crippen molar-refractivity contribution in [1.82, 2.24) is 15.6 Å². The summed E-state index contributed by atoms with van der Waals surface area (Å²) in [5, 5.41) is 13.6. The Morgan fingerprint density at radius 2 is 1.51 bits per heavy atom. The van der Waals surface area contributed by atoms with Crippen LogP contribution >= 0.6 is 11.8 Å². The molecule has 2 aromatic carbocycles. The van der Waals surface area contributed by atoms with Gasteiger partial charge < -0.3 is 10.4 Å². The second kappa shape index (κ2) is 16.6. The van der Waals surface area contributed by atoms with Crippen molar-refractivity contribution in [3.8, 4) is 0 Å². The van der Waals surface area contributed by atoms with Crippen molar-refractivity contribution in [3.63, 3.8) is 0 Å². The second-order valence-electron chi connectivity index (χ2n) is 8.96. The van der Waals surface area contributed by atoms with Crippen molar-refractivity contribution < 1.29 is 50.6 Å². The number of carboxylic acid groups (broad SMARTS) is 1. The lowest BCUT2D eigenvalue weighted by Gasteiger charge is -2.18. The Morgan fingerprint density at radius 1 is 0.884 bits per heavy atom. The number of amides is 2. The minimum atomic E-state index is -5.08. The Bertz CT molecular complexity index is 1390. The van der Waals surface area contributed by atoms with Crippen LogP contribution in [0.1, 0.15) is 24.0 Å². The van der Waals surface area contributed by atoms with E-state index in [1.54, 1.807) is 30.5 Å². The van der Waals surface area contributed by atoms with Crippen molar-refractivity contribution in [2.24, 2.45) is 0 Å². The lowest BCUT2D eigenvalue weighted by Crippen LogP contribution is -2.46. The fourth-order valence-electron chi connectivity index (χ4n) is 3.47. The van der Waals surface area contributed by atoms with E-state index < -0.39 is 47.7 Å². The van der Waals surface area contributed by atoms with Crippen molar-refractivity contribution in [2.45, 2.75) is 44.2 Å². The predicted octanol–water partition coefficient (Wildman–Crippen LogP) is 4.86. The molecule has 0 spiro atoms. The van der Waals surface area contributed by atoms with Gasteiger partial charge >= 0.3 is 18.3 Å². The summed E-state index contributed by atoms with van der Waals surface area (Å²) >= 11 is 0.868. The smallest absolute Gasteiger partial charge is 0.475 e. The summed E-state index contributed by atoms with van der Waals surface area (Å²) in [4.78, 5) is 49.6. The van der Waals surface area contributed by atoms with E-state index in [1.807, 2.05) is 36.4 Å². The number of halogens is 6. The zero-order valence-corrected chi connectivity index (χ0v) is 23.2. The number of alkyl halides is 6. The molecule has 1 aromatic heterocycles. The molecule has 0 unspecified atom stereocenters. The molecular weight excluding hydrogens is 604 g/mol. The highest BCUT2D eigenvalue weighted by molar-refractivity contribution is 7.99. The minimum absolute atomic E-state index is 0.0449. The molecule has 0 saturated heterocycles. The molecule has 3 rings (SSSR count). The molecule has 232 valence electrons. The Hall–Kier alpha value is -3.98. The summed E-state index contributed by atoms with van der Waals surface area (Å²) < 4.78 is 68.8. The van der Waals surface area contributed by atoms with Crippen LogP contribution in [0.2, 0.25) is 0 Å². The van der Waals surface area contributed by atoms with Gasteiger partial charge in [-0.15, -0.1) is 0 Å². The number of thioether (sulfide) groups is 1. The first-order valence-corrected chi connectivity index (χ1v) is 13.7. The van der Waals surface area contributed by atoms with Gasteiger partial charge in [0.2, 0.25) is 17.6 Å². The number of rotatable bonds is 12. The number of carboxylic acids is 1. The Kier molecular flexibility index (Phi) is 13.6. The van der Waals surface area contributed by atoms with Gasteiger partial charge in [0.1, 0.15) is 0 Å². The van der Waals surface area contributed by atoms with Crippen molar-refractivity contribution >= 4 is 46.2 Å². The number of carbonyl (C=O) groups excluding carboxylic acids is 3. The number of Topliss-reactive ketones (excluding diaryl/α,β-unsaturated/α-hetero) is 1. The normalized spacial score (nSPS) is 12.1. The molecule has 1 atom stereocenters. The third kappa shape index (κ3) is 13.2. The van der Waals surface area contributed by atoms with Crippen molar-refractivity contribution in [1.29, 1.82) is 0 Å². The van der Waals surface area contributed by atoms with Crippen LogP contribution in [-0.2, 0) is 32.1 Å². The molecule has 0 aliphatic rings. The van der Waals surface area contributed by atoms with Crippen molar-refractivity contribution in [2.75, 3.05) is 11.5 Å². The Balaban J connectivity index is 0.000000821. The van der Waals surface area contributed by atoms with Crippen LogP contribution in [0.5, 0.6) is 0 Å². The van der Waals surface area contributed by atoms with Crippen LogP contribution < -0.4 is 10.6 Å². The highest BCUT2D eigenvalue weighted by Gasteiger charge is 2.38. The van der Waals surface area contributed by atoms with Crippen LogP contribution in [-0.4, -0.2) is 63.6 Å². The SMILES string of the molecule is O=C(Cc1ccccc1)NC(=O)[C@H](CCCSCC(=O)C(F)(F)F)NCc1cnc2ccccc2c1.O=C(O)C(F)(F)F. The summed E-state index contributed by atoms with van der Waals surface area (Å²) in [6, 6.07) is 17.8. The summed E-state index contributed by atoms with van der Waals surface area (Å²) in [6.07, 6.45) is -7.53. The van der Waals surface area contributed by atoms with E-state index in [9.17, 15) is 40.7 Å². The molecule has 3 aromatic rings. The number of aliphatic carboxylic acids is 1. The molecular formula is C28H27F6N3O5S. The first kappa shape index (κ1) is 35.2. The Labute approximate surface area is 246 Å². The number of nitrogens with zero attached hydrogens (tertiary/aromatic N) is 1. The zero-order valence-electron chi connectivity index (χ0n) is 22.4. The number of nitrogens with one attached hydrogen (secondary N) is 2. The average molecular weight is 632 g/mol. The average Bonchev–Trinajstić information content (AvgIpc) is 2.94. The summed E-state index contributed by atoms with van der Waals surface area (Å²) in [7, 11) is 0. The molecule has 43 heavy (non-hydrogen) atoms. The van der Waals surface area contributed by atoms with Crippen LogP contribution in [0.25, 0.3) is 10.9 Å². The van der Waals surface area contributed by atoms with Gasteiger partial charge in [0.25, 0.3) is 0 Å². The number of benzene rings is 2. The third-order valence-corrected chi connectivity index (χ3v) is 6.60. The molecule has 0 fully saturated rings. The number of aromatic nitrogens is 1. The van der Waals surface area contributed by atoms with E-state index in [-0.39, 0.29) is 18.6 Å². The number of carbonyl (C=O) groups is 4. The molecule has 15 heteroatoms. The van der Waals surface area contributed by atoms with Crippen LogP contribution in [0.4, 0.5) is 26.3 Å². The number of imide groups is 1. The molecule has 3 N–H and O–H groups in total. The van der Waals surface area contributed by atoms with Crippen LogP contribution in [0.3, 0.4) is 0 Å². The molecule has 0 aliphatic heterocycles. The standard InChI is InChI=1S/C26H26F3N3O3S.C2HF3O2/c27-26(28,29)23(33)17-36-12-6-11-22(25(35)32-24(34)14-18-7-2-1-3-8-18)31-16-19-13-20-9-4-5-10-21(20)30-15-19;3-2(4,5)1(6)7/h1-5,7-10,13,15,22,31H,6,11-12,14,16-17H2,(H,32,34,35);(H,6,7)/t22-;/m0./s1. The molecule has 8 nitrogen and oxygen atoms in total. The molecule has 0 bridgehead atoms. The Morgan fingerprint density at radius 3 is 2.14 bits per heavy atom. The summed E-state index contributed by atoms with van der Waals surface area (Å²) in [5.41, 5.74) is 2.44. The lowest BCUT2D eigenvalue weighted by molar-refractivity contribution is -0.192. The van der Waals surface area contributed by atoms with E-state index in [1.165, 1.54) is 0 Å². The van der Waals surface area contributed by atoms with E-state index >= 15 is 0 Å². The van der Waals surface area contributed by atoms with Gasteiger partial charge in [0.05, 0.1) is 23.7 Å². The van der Waals surface area contributed by atoms with Gasteiger partial charge in [0, 0.05) is 18.1 Å². The van der Waals surface area contributed by atoms with Crippen LogP contribution in [0.15, 0.2) is 66.9 Å². The van der Waals surface area contributed by atoms with Crippen molar-refractivity contribution in [3.05, 3.63) is 78.0 Å². The number of pyridine rings is 1. The molecule has 0 aliphatic carbocycles. The van der Waals surface area contributed by atoms with Gasteiger partial charge in [-0.2, -0.15) is 38.1 Å². The fraction of sp³-hybridized carbons (Fsp3) is 0.321. The number of para-hydroxylation sites is 1. The van der Waals surface area contributed by atoms with Gasteiger partial charge in [-0.1, -0.05) is 48.5 Å². The zero-order chi connectivity index (χ0) is 32.0. The fourth-order valence-corrected chi connectivity index (χ4v) is 4.33. The van der Waals surface area contributed by atoms with Gasteiger partial charge in [0.15, 0.2) is 0 Å². The predicted molar refractivity (Wildman–Crippen MR) is 147 cm³/mol. The molecule has 2 amide bonds. The second-order valence-corrected chi connectivity index (χ2v) is 10.1. The molecule has 0 saturated carbocycles. The minimum Gasteiger partial charge on any atom is -0.475 e. The lowest BCUT2D eigenvalue weighted by atomic mass is 10.1. The molecule has 1 heterocycles. The van der Waals surface area contributed by atoms with Gasteiger partial charge in [-0.3, -0.25) is 24.7 Å². The maximum Gasteiger partial charge on any atom is 0.490 e. The van der Waals surface area contributed by atoms with E-state index in [2.05, 4.69) is 15.6 Å². The first-order chi connectivity index (χ1) is 20.2. The summed E-state index contributed by atoms with van der Waals surface area (Å²) in [5.74, 6) is -5.89. The third-order valence-electron chi connectivity index (χ3n) is 5.56. The maximum atomic E-state index is 12.9. The van der Waals surface area contributed by atoms with E-state index in [0.717, 1.165) is 33.8 Å². The summed E-state index contributed by atoms with van der Waals surface area (Å²) in [6.45, 7) is 0.308. The quantitative estimate of drug-likeness (QED) is 0.191. The number of ketones is 1. The monoisotopic (exact) mass is 631 g/mol. The largest absolute Gasteiger partial charge is 0.490 e. The maximum absolute atomic E-state index is 12.9. The van der Waals surface area contributed by atoms with E-state index in [4.69, 9.17) is 9.90 Å². The highest BCUT2D eigenvalue weighted by atomic mass is 32.2. The number of fused-ring (bicyclic) bond motifs is 1. The molecule has 0 radical (unpaired) electrons. The highest BCUT2D eigenvalue weighted by Crippen LogP contribution is 2.19. The van der Waals surface area contributed by atoms with E-state index in [0.29, 0.717) is 13.0 Å². The number of hydrogen-bond acceptors (Lipinski definition) is 7. The van der Waals surface area contributed by atoms with Gasteiger partial charge in [-0.05, 0) is 41.9 Å².